The van der Waals surface area contributed by atoms with Gasteiger partial charge in [0.25, 0.3) is 0 Å². The fourth-order valence-electron chi connectivity index (χ4n) is 2.72. The van der Waals surface area contributed by atoms with Gasteiger partial charge in [-0.25, -0.2) is 8.42 Å². The fraction of sp³-hybridized carbons (Fsp3) is 0.600. The van der Waals surface area contributed by atoms with Gasteiger partial charge in [-0.2, -0.15) is 4.31 Å². The summed E-state index contributed by atoms with van der Waals surface area (Å²) in [5.41, 5.74) is 1.66. The maximum atomic E-state index is 12.8. The first kappa shape index (κ1) is 15.8. The van der Waals surface area contributed by atoms with Gasteiger partial charge in [0, 0.05) is 19.0 Å². The summed E-state index contributed by atoms with van der Waals surface area (Å²) in [7, 11) is -3.42. The SMILES string of the molecule is Cc1ccc(CCl)cc1S(=O)(=O)N1CCCC(C)(C)C1. The first-order valence-electron chi connectivity index (χ1n) is 6.92. The molecule has 1 fully saturated rings. The van der Waals surface area contributed by atoms with E-state index >= 15 is 0 Å². The average Bonchev–Trinajstić information content (AvgIpc) is 2.38. The Balaban J connectivity index is 2.40. The number of hydrogen-bond donors (Lipinski definition) is 0. The van der Waals surface area contributed by atoms with Gasteiger partial charge in [-0.15, -0.1) is 11.6 Å². The van der Waals surface area contributed by atoms with Crippen molar-refractivity contribution >= 4 is 21.6 Å². The molecule has 1 aromatic rings. The van der Waals surface area contributed by atoms with Crippen LogP contribution in [0.5, 0.6) is 0 Å². The van der Waals surface area contributed by atoms with Crippen molar-refractivity contribution in [1.29, 1.82) is 0 Å². The van der Waals surface area contributed by atoms with E-state index in [9.17, 15) is 8.42 Å². The number of nitrogens with zero attached hydrogens (tertiary/aromatic N) is 1. The molecule has 0 aliphatic carbocycles. The number of piperidine rings is 1. The molecule has 1 saturated heterocycles. The molecule has 0 aromatic heterocycles. The third-order valence-electron chi connectivity index (χ3n) is 3.89. The molecule has 20 heavy (non-hydrogen) atoms. The lowest BCUT2D eigenvalue weighted by Gasteiger charge is -2.37. The molecule has 0 spiro atoms. The van der Waals surface area contributed by atoms with Crippen molar-refractivity contribution in [3.05, 3.63) is 29.3 Å². The van der Waals surface area contributed by atoms with E-state index in [4.69, 9.17) is 11.6 Å². The zero-order valence-corrected chi connectivity index (χ0v) is 13.9. The Morgan fingerprint density at radius 2 is 2.05 bits per heavy atom. The van der Waals surface area contributed by atoms with Crippen LogP contribution in [0.25, 0.3) is 0 Å². The van der Waals surface area contributed by atoms with E-state index in [1.165, 1.54) is 0 Å². The maximum Gasteiger partial charge on any atom is 0.243 e. The zero-order valence-electron chi connectivity index (χ0n) is 12.3. The van der Waals surface area contributed by atoms with Crippen molar-refractivity contribution in [2.24, 2.45) is 5.41 Å². The summed E-state index contributed by atoms with van der Waals surface area (Å²) >= 11 is 5.82. The van der Waals surface area contributed by atoms with Gasteiger partial charge in [-0.05, 0) is 42.4 Å². The first-order valence-corrected chi connectivity index (χ1v) is 8.89. The standard InChI is InChI=1S/C15H22ClNO2S/c1-12-5-6-13(10-16)9-14(12)20(18,19)17-8-4-7-15(2,3)11-17/h5-6,9H,4,7-8,10-11H2,1-3H3. The molecular formula is C15H22ClNO2S. The van der Waals surface area contributed by atoms with E-state index in [2.05, 4.69) is 13.8 Å². The smallest absolute Gasteiger partial charge is 0.207 e. The number of benzene rings is 1. The van der Waals surface area contributed by atoms with Crippen molar-refractivity contribution in [3.63, 3.8) is 0 Å². The summed E-state index contributed by atoms with van der Waals surface area (Å²) in [6.45, 7) is 7.27. The molecule has 1 heterocycles. The largest absolute Gasteiger partial charge is 0.243 e. The van der Waals surface area contributed by atoms with E-state index in [1.807, 2.05) is 19.1 Å². The van der Waals surface area contributed by atoms with Crippen LogP contribution in [0.1, 0.15) is 37.8 Å². The molecule has 0 atom stereocenters. The third kappa shape index (κ3) is 3.18. The number of hydrogen-bond acceptors (Lipinski definition) is 2. The molecule has 1 aliphatic rings. The van der Waals surface area contributed by atoms with Crippen molar-refractivity contribution in [1.82, 2.24) is 4.31 Å². The maximum absolute atomic E-state index is 12.8. The molecule has 0 amide bonds. The number of rotatable bonds is 3. The quantitative estimate of drug-likeness (QED) is 0.800. The third-order valence-corrected chi connectivity index (χ3v) is 6.19. The monoisotopic (exact) mass is 315 g/mol. The molecule has 0 saturated carbocycles. The Bertz CT molecular complexity index is 596. The van der Waals surface area contributed by atoms with Crippen LogP contribution in [-0.2, 0) is 15.9 Å². The van der Waals surface area contributed by atoms with Gasteiger partial charge >= 0.3 is 0 Å². The van der Waals surface area contributed by atoms with E-state index in [0.717, 1.165) is 24.0 Å². The van der Waals surface area contributed by atoms with Crippen LogP contribution in [0.4, 0.5) is 0 Å². The lowest BCUT2D eigenvalue weighted by Crippen LogP contribution is -2.43. The van der Waals surface area contributed by atoms with E-state index in [1.54, 1.807) is 10.4 Å². The number of halogens is 1. The number of alkyl halides is 1. The molecule has 5 heteroatoms. The van der Waals surface area contributed by atoms with Gasteiger partial charge < -0.3 is 0 Å². The Morgan fingerprint density at radius 3 is 2.65 bits per heavy atom. The van der Waals surface area contributed by atoms with Crippen molar-refractivity contribution in [3.8, 4) is 0 Å². The summed E-state index contributed by atoms with van der Waals surface area (Å²) in [6, 6.07) is 5.42. The minimum atomic E-state index is -3.42. The van der Waals surface area contributed by atoms with Gasteiger partial charge in [-0.1, -0.05) is 26.0 Å². The van der Waals surface area contributed by atoms with Crippen LogP contribution in [0.15, 0.2) is 23.1 Å². The Labute approximate surface area is 127 Å². The van der Waals surface area contributed by atoms with E-state index in [0.29, 0.717) is 23.9 Å². The minimum absolute atomic E-state index is 0.0450. The molecule has 2 rings (SSSR count). The minimum Gasteiger partial charge on any atom is -0.207 e. The van der Waals surface area contributed by atoms with Gasteiger partial charge in [0.05, 0.1) is 4.90 Å². The molecular weight excluding hydrogens is 294 g/mol. The fourth-order valence-corrected chi connectivity index (χ4v) is 4.83. The molecule has 3 nitrogen and oxygen atoms in total. The van der Waals surface area contributed by atoms with Crippen molar-refractivity contribution in [2.45, 2.75) is 44.4 Å². The summed E-state index contributed by atoms with van der Waals surface area (Å²) < 4.78 is 27.3. The Kier molecular flexibility index (Phi) is 4.47. The molecule has 0 bridgehead atoms. The molecule has 1 aliphatic heterocycles. The normalized spacial score (nSPS) is 20.0. The highest BCUT2D eigenvalue weighted by atomic mass is 35.5. The molecule has 0 unspecified atom stereocenters. The zero-order chi connectivity index (χ0) is 15.0. The highest BCUT2D eigenvalue weighted by Gasteiger charge is 2.34. The topological polar surface area (TPSA) is 37.4 Å². The van der Waals surface area contributed by atoms with Crippen LogP contribution >= 0.6 is 11.6 Å². The van der Waals surface area contributed by atoms with Gasteiger partial charge in [0.2, 0.25) is 10.0 Å². The van der Waals surface area contributed by atoms with Crippen LogP contribution in [0.2, 0.25) is 0 Å². The lowest BCUT2D eigenvalue weighted by atomic mass is 9.85. The summed E-state index contributed by atoms with van der Waals surface area (Å²) in [5.74, 6) is 0.328. The van der Waals surface area contributed by atoms with Crippen LogP contribution in [-0.4, -0.2) is 25.8 Å². The van der Waals surface area contributed by atoms with Crippen molar-refractivity contribution < 1.29 is 8.42 Å². The lowest BCUT2D eigenvalue weighted by molar-refractivity contribution is 0.187. The number of sulfonamides is 1. The Morgan fingerprint density at radius 1 is 1.35 bits per heavy atom. The van der Waals surface area contributed by atoms with Crippen molar-refractivity contribution in [2.75, 3.05) is 13.1 Å². The first-order chi connectivity index (χ1) is 9.26. The predicted octanol–water partition coefficient (Wildman–Crippen LogP) is 3.54. The highest BCUT2D eigenvalue weighted by Crippen LogP contribution is 2.32. The summed E-state index contributed by atoms with van der Waals surface area (Å²) in [6.07, 6.45) is 1.99. The average molecular weight is 316 g/mol. The molecule has 0 radical (unpaired) electrons. The van der Waals surface area contributed by atoms with E-state index < -0.39 is 10.0 Å². The summed E-state index contributed by atoms with van der Waals surface area (Å²) in [4.78, 5) is 0.397. The van der Waals surface area contributed by atoms with Crippen LogP contribution in [0, 0.1) is 12.3 Å². The van der Waals surface area contributed by atoms with Crippen LogP contribution < -0.4 is 0 Å². The van der Waals surface area contributed by atoms with Gasteiger partial charge in [0.1, 0.15) is 0 Å². The Hall–Kier alpha value is -0.580. The second-order valence-corrected chi connectivity index (χ2v) is 8.51. The molecule has 1 aromatic carbocycles. The summed E-state index contributed by atoms with van der Waals surface area (Å²) in [5, 5.41) is 0. The van der Waals surface area contributed by atoms with Crippen LogP contribution in [0.3, 0.4) is 0 Å². The number of aryl methyl sites for hydroxylation is 1. The predicted molar refractivity (Wildman–Crippen MR) is 82.5 cm³/mol. The highest BCUT2D eigenvalue weighted by molar-refractivity contribution is 7.89. The molecule has 0 N–H and O–H groups in total. The van der Waals surface area contributed by atoms with Gasteiger partial charge in [-0.3, -0.25) is 0 Å². The second-order valence-electron chi connectivity index (χ2n) is 6.34. The second kappa shape index (κ2) is 5.66. The van der Waals surface area contributed by atoms with E-state index in [-0.39, 0.29) is 5.41 Å². The van der Waals surface area contributed by atoms with Gasteiger partial charge in [0.15, 0.2) is 0 Å². The molecule has 112 valence electrons.